The van der Waals surface area contributed by atoms with Gasteiger partial charge in [0.2, 0.25) is 0 Å². The van der Waals surface area contributed by atoms with Crippen LogP contribution >= 0.6 is 0 Å². The Kier molecular flexibility index (Phi) is 7.26. The van der Waals surface area contributed by atoms with Gasteiger partial charge in [0.25, 0.3) is 0 Å². The molecular formula is C20H32N2O3. The van der Waals surface area contributed by atoms with Gasteiger partial charge in [0, 0.05) is 45.9 Å². The third-order valence-corrected chi connectivity index (χ3v) is 5.23. The molecule has 0 aromatic heterocycles. The molecule has 2 N–H and O–H groups in total. The van der Waals surface area contributed by atoms with E-state index >= 15 is 0 Å². The van der Waals surface area contributed by atoms with E-state index in [0.29, 0.717) is 12.5 Å². The second-order valence-corrected chi connectivity index (χ2v) is 7.73. The summed E-state index contributed by atoms with van der Waals surface area (Å²) >= 11 is 0. The lowest BCUT2D eigenvalue weighted by Gasteiger charge is -2.34. The lowest BCUT2D eigenvalue weighted by atomic mass is 9.75. The van der Waals surface area contributed by atoms with Crippen molar-refractivity contribution in [3.05, 3.63) is 35.9 Å². The van der Waals surface area contributed by atoms with Gasteiger partial charge in [-0.1, -0.05) is 44.2 Å². The maximum Gasteiger partial charge on any atom is 0.317 e. The van der Waals surface area contributed by atoms with Gasteiger partial charge in [-0.15, -0.1) is 0 Å². The van der Waals surface area contributed by atoms with Crippen LogP contribution in [0.1, 0.15) is 38.2 Å². The summed E-state index contributed by atoms with van der Waals surface area (Å²) in [6, 6.07) is 10.0. The van der Waals surface area contributed by atoms with Crippen molar-refractivity contribution in [1.29, 1.82) is 0 Å². The number of rotatable bonds is 7. The molecule has 1 atom stereocenters. The Morgan fingerprint density at radius 1 is 1.32 bits per heavy atom. The molecule has 5 heteroatoms. The Morgan fingerprint density at radius 2 is 1.96 bits per heavy atom. The molecule has 1 heterocycles. The quantitative estimate of drug-likeness (QED) is 0.796. The fraction of sp³-hybridized carbons (Fsp3) is 0.650. The maximum absolute atomic E-state index is 12.5. The Morgan fingerprint density at radius 3 is 2.56 bits per heavy atom. The standard InChI is InChI=1S/C20H32N2O3/c1-20(2,15-23)18(17-7-5-4-6-8-17)13-21-19(24)22(3)14-16-9-11-25-12-10-16/h4-8,16,18,23H,9-15H2,1-3H3,(H,21,24). The normalized spacial score (nSPS) is 17.1. The van der Waals surface area contributed by atoms with Crippen LogP contribution in [-0.2, 0) is 4.74 Å². The SMILES string of the molecule is CN(CC1CCOCC1)C(=O)NCC(c1ccccc1)C(C)(C)CO. The summed E-state index contributed by atoms with van der Waals surface area (Å²) in [7, 11) is 1.85. The highest BCUT2D eigenvalue weighted by atomic mass is 16.5. The van der Waals surface area contributed by atoms with Gasteiger partial charge >= 0.3 is 6.03 Å². The van der Waals surface area contributed by atoms with Crippen molar-refractivity contribution < 1.29 is 14.6 Å². The van der Waals surface area contributed by atoms with E-state index in [1.54, 1.807) is 4.90 Å². The molecule has 1 aromatic rings. The minimum Gasteiger partial charge on any atom is -0.396 e. The zero-order valence-electron chi connectivity index (χ0n) is 15.7. The van der Waals surface area contributed by atoms with Crippen LogP contribution in [0.4, 0.5) is 4.79 Å². The highest BCUT2D eigenvalue weighted by molar-refractivity contribution is 5.73. The first-order valence-electron chi connectivity index (χ1n) is 9.16. The highest BCUT2D eigenvalue weighted by Crippen LogP contribution is 2.34. The third kappa shape index (κ3) is 5.72. The first kappa shape index (κ1) is 19.7. The minimum atomic E-state index is -0.312. The summed E-state index contributed by atoms with van der Waals surface area (Å²) < 4.78 is 5.38. The number of benzene rings is 1. The number of nitrogens with zero attached hydrogens (tertiary/aromatic N) is 1. The van der Waals surface area contributed by atoms with Crippen molar-refractivity contribution in [3.63, 3.8) is 0 Å². The minimum absolute atomic E-state index is 0.0545. The van der Waals surface area contributed by atoms with Crippen LogP contribution < -0.4 is 5.32 Å². The molecular weight excluding hydrogens is 316 g/mol. The first-order valence-corrected chi connectivity index (χ1v) is 9.16. The van der Waals surface area contributed by atoms with E-state index in [2.05, 4.69) is 17.4 Å². The molecule has 0 spiro atoms. The Bertz CT molecular complexity index is 527. The van der Waals surface area contributed by atoms with Gasteiger partial charge in [-0.05, 0) is 29.7 Å². The maximum atomic E-state index is 12.5. The highest BCUT2D eigenvalue weighted by Gasteiger charge is 2.31. The summed E-state index contributed by atoms with van der Waals surface area (Å²) in [6.45, 7) is 6.98. The molecule has 140 valence electrons. The van der Waals surface area contributed by atoms with E-state index < -0.39 is 0 Å². The molecule has 5 nitrogen and oxygen atoms in total. The molecule has 25 heavy (non-hydrogen) atoms. The number of urea groups is 1. The molecule has 1 aromatic carbocycles. The van der Waals surface area contributed by atoms with Crippen LogP contribution in [0.5, 0.6) is 0 Å². The number of hydrogen-bond donors (Lipinski definition) is 2. The third-order valence-electron chi connectivity index (χ3n) is 5.23. The van der Waals surface area contributed by atoms with E-state index in [4.69, 9.17) is 4.74 Å². The zero-order chi connectivity index (χ0) is 18.3. The van der Waals surface area contributed by atoms with Crippen LogP contribution in [0.15, 0.2) is 30.3 Å². The number of aliphatic hydroxyl groups excluding tert-OH is 1. The van der Waals surface area contributed by atoms with Crippen molar-refractivity contribution in [2.75, 3.05) is 40.0 Å². The van der Waals surface area contributed by atoms with Crippen LogP contribution in [0.3, 0.4) is 0 Å². The van der Waals surface area contributed by atoms with Crippen molar-refractivity contribution >= 4 is 6.03 Å². The van der Waals surface area contributed by atoms with Gasteiger partial charge in [0.1, 0.15) is 0 Å². The lowest BCUT2D eigenvalue weighted by molar-refractivity contribution is 0.0585. The average Bonchev–Trinajstić information content (AvgIpc) is 2.63. The molecule has 0 radical (unpaired) electrons. The smallest absolute Gasteiger partial charge is 0.317 e. The number of amides is 2. The summed E-state index contributed by atoms with van der Waals surface area (Å²) in [6.07, 6.45) is 2.03. The fourth-order valence-electron chi connectivity index (χ4n) is 3.36. The predicted molar refractivity (Wildman–Crippen MR) is 99.6 cm³/mol. The van der Waals surface area contributed by atoms with Gasteiger partial charge in [-0.25, -0.2) is 4.79 Å². The number of ether oxygens (including phenoxy) is 1. The molecule has 0 aliphatic carbocycles. The van der Waals surface area contributed by atoms with E-state index in [9.17, 15) is 9.90 Å². The summed E-state index contributed by atoms with van der Waals surface area (Å²) in [5.41, 5.74) is 0.822. The number of hydrogen-bond acceptors (Lipinski definition) is 3. The van der Waals surface area contributed by atoms with Crippen molar-refractivity contribution in [2.24, 2.45) is 11.3 Å². The lowest BCUT2D eigenvalue weighted by Crippen LogP contribution is -2.44. The summed E-state index contributed by atoms with van der Waals surface area (Å²) in [5.74, 6) is 0.572. The molecule has 0 saturated carbocycles. The van der Waals surface area contributed by atoms with Crippen molar-refractivity contribution in [3.8, 4) is 0 Å². The molecule has 1 aliphatic heterocycles. The van der Waals surface area contributed by atoms with Gasteiger partial charge < -0.3 is 20.1 Å². The van der Waals surface area contributed by atoms with E-state index in [0.717, 1.165) is 38.2 Å². The topological polar surface area (TPSA) is 61.8 Å². The number of nitrogens with one attached hydrogen (secondary N) is 1. The number of aliphatic hydroxyl groups is 1. The fourth-order valence-corrected chi connectivity index (χ4v) is 3.36. The van der Waals surface area contributed by atoms with Gasteiger partial charge in [0.05, 0.1) is 0 Å². The van der Waals surface area contributed by atoms with Crippen molar-refractivity contribution in [1.82, 2.24) is 10.2 Å². The predicted octanol–water partition coefficient (Wildman–Crippen LogP) is 2.86. The molecule has 1 unspecified atom stereocenters. The molecule has 0 bridgehead atoms. The summed E-state index contributed by atoms with van der Waals surface area (Å²) in [5, 5.41) is 12.8. The van der Waals surface area contributed by atoms with Crippen LogP contribution in [-0.4, -0.2) is 56.0 Å². The van der Waals surface area contributed by atoms with Gasteiger partial charge in [-0.3, -0.25) is 0 Å². The van der Waals surface area contributed by atoms with E-state index in [-0.39, 0.29) is 24.0 Å². The molecule has 2 amide bonds. The Labute approximate surface area is 151 Å². The Hall–Kier alpha value is -1.59. The van der Waals surface area contributed by atoms with Crippen molar-refractivity contribution in [2.45, 2.75) is 32.6 Å². The van der Waals surface area contributed by atoms with Gasteiger partial charge in [0.15, 0.2) is 0 Å². The molecule has 2 rings (SSSR count). The van der Waals surface area contributed by atoms with Crippen LogP contribution in [0.2, 0.25) is 0 Å². The summed E-state index contributed by atoms with van der Waals surface area (Å²) in [4.78, 5) is 14.3. The largest absolute Gasteiger partial charge is 0.396 e. The average molecular weight is 348 g/mol. The monoisotopic (exact) mass is 348 g/mol. The number of carbonyl (C=O) groups excluding carboxylic acids is 1. The molecule has 1 saturated heterocycles. The molecule has 1 aliphatic rings. The van der Waals surface area contributed by atoms with Gasteiger partial charge in [-0.2, -0.15) is 0 Å². The van der Waals surface area contributed by atoms with E-state index in [1.165, 1.54) is 0 Å². The second-order valence-electron chi connectivity index (χ2n) is 7.73. The Balaban J connectivity index is 1.93. The zero-order valence-corrected chi connectivity index (χ0v) is 15.7. The van der Waals surface area contributed by atoms with E-state index in [1.807, 2.05) is 39.1 Å². The van der Waals surface area contributed by atoms with Crippen LogP contribution in [0.25, 0.3) is 0 Å². The first-order chi connectivity index (χ1) is 11.9. The van der Waals surface area contributed by atoms with Crippen LogP contribution in [0, 0.1) is 11.3 Å². The molecule has 1 fully saturated rings. The number of carbonyl (C=O) groups is 1. The second kappa shape index (κ2) is 9.20.